The van der Waals surface area contributed by atoms with Crippen LogP contribution in [0.25, 0.3) is 6.08 Å². The maximum Gasteiger partial charge on any atom is 0.318 e. The summed E-state index contributed by atoms with van der Waals surface area (Å²) in [6, 6.07) is 7.37. The second-order valence-electron chi connectivity index (χ2n) is 3.01. The van der Waals surface area contributed by atoms with Crippen molar-refractivity contribution >= 4 is 28.0 Å². The third kappa shape index (κ3) is 4.95. The van der Waals surface area contributed by atoms with Gasteiger partial charge in [0.1, 0.15) is 0 Å². The van der Waals surface area contributed by atoms with Gasteiger partial charge in [-0.25, -0.2) is 4.79 Å². The number of halogens is 1. The van der Waals surface area contributed by atoms with Gasteiger partial charge >= 0.3 is 6.03 Å². The quantitative estimate of drug-likeness (QED) is 0.788. The number of urea groups is 1. The van der Waals surface area contributed by atoms with E-state index in [1.165, 1.54) is 0 Å². The Morgan fingerprint density at radius 2 is 2.31 bits per heavy atom. The monoisotopic (exact) mass is 284 g/mol. The van der Waals surface area contributed by atoms with Gasteiger partial charge in [-0.05, 0) is 23.8 Å². The molecule has 2 amide bonds. The van der Waals surface area contributed by atoms with Crippen LogP contribution in [-0.4, -0.2) is 24.3 Å². The molecule has 4 nitrogen and oxygen atoms in total. The first-order valence-corrected chi connectivity index (χ1v) is 5.59. The number of amides is 2. The van der Waals surface area contributed by atoms with Crippen molar-refractivity contribution in [2.24, 2.45) is 0 Å². The highest BCUT2D eigenvalue weighted by Crippen LogP contribution is 2.12. The molecule has 0 saturated heterocycles. The SMILES string of the molecule is O=C(N/C=C/c1cccc(Br)c1)NCCO. The molecule has 0 aliphatic carbocycles. The third-order valence-electron chi connectivity index (χ3n) is 1.74. The lowest BCUT2D eigenvalue weighted by atomic mass is 10.2. The highest BCUT2D eigenvalue weighted by molar-refractivity contribution is 9.10. The van der Waals surface area contributed by atoms with Gasteiger partial charge in [-0.3, -0.25) is 0 Å². The Balaban J connectivity index is 2.40. The number of rotatable bonds is 4. The van der Waals surface area contributed by atoms with Crippen molar-refractivity contribution in [1.29, 1.82) is 0 Å². The summed E-state index contributed by atoms with van der Waals surface area (Å²) in [5, 5.41) is 13.5. The number of hydrogen-bond donors (Lipinski definition) is 3. The summed E-state index contributed by atoms with van der Waals surface area (Å²) in [5.74, 6) is 0. The normalized spacial score (nSPS) is 10.4. The summed E-state index contributed by atoms with van der Waals surface area (Å²) in [6.45, 7) is 0.180. The summed E-state index contributed by atoms with van der Waals surface area (Å²) in [4.78, 5) is 11.1. The Morgan fingerprint density at radius 3 is 3.00 bits per heavy atom. The Morgan fingerprint density at radius 1 is 1.50 bits per heavy atom. The molecule has 1 aromatic rings. The first-order valence-electron chi connectivity index (χ1n) is 4.79. The van der Waals surface area contributed by atoms with Crippen LogP contribution < -0.4 is 10.6 Å². The van der Waals surface area contributed by atoms with Gasteiger partial charge in [-0.1, -0.05) is 28.1 Å². The van der Waals surface area contributed by atoms with Gasteiger partial charge in [0.05, 0.1) is 6.61 Å². The highest BCUT2D eigenvalue weighted by atomic mass is 79.9. The van der Waals surface area contributed by atoms with Crippen LogP contribution in [0.5, 0.6) is 0 Å². The Hall–Kier alpha value is -1.33. The minimum absolute atomic E-state index is 0.0667. The van der Waals surface area contributed by atoms with Gasteiger partial charge in [-0.15, -0.1) is 0 Å². The standard InChI is InChI=1S/C11H13BrN2O2/c12-10-3-1-2-9(8-10)4-5-13-11(16)14-6-7-15/h1-5,8,15H,6-7H2,(H2,13,14,16)/b5-4+. The molecule has 0 heterocycles. The van der Waals surface area contributed by atoms with Crippen LogP contribution in [0.3, 0.4) is 0 Å². The zero-order chi connectivity index (χ0) is 11.8. The van der Waals surface area contributed by atoms with E-state index >= 15 is 0 Å². The minimum Gasteiger partial charge on any atom is -0.395 e. The summed E-state index contributed by atoms with van der Waals surface area (Å²) < 4.78 is 0.986. The second-order valence-corrected chi connectivity index (χ2v) is 3.93. The van der Waals surface area contributed by atoms with Crippen molar-refractivity contribution in [3.63, 3.8) is 0 Å². The lowest BCUT2D eigenvalue weighted by Gasteiger charge is -2.01. The number of carbonyl (C=O) groups excluding carboxylic acids is 1. The molecule has 0 fully saturated rings. The molecular weight excluding hydrogens is 272 g/mol. The molecule has 0 radical (unpaired) electrons. The number of nitrogens with one attached hydrogen (secondary N) is 2. The van der Waals surface area contributed by atoms with E-state index in [0.29, 0.717) is 0 Å². The zero-order valence-electron chi connectivity index (χ0n) is 8.61. The van der Waals surface area contributed by atoms with E-state index in [1.807, 2.05) is 24.3 Å². The maximum absolute atomic E-state index is 11.1. The molecule has 0 saturated carbocycles. The molecule has 1 rings (SSSR count). The van der Waals surface area contributed by atoms with E-state index in [0.717, 1.165) is 10.0 Å². The van der Waals surface area contributed by atoms with Crippen molar-refractivity contribution in [3.8, 4) is 0 Å². The predicted molar refractivity (Wildman–Crippen MR) is 66.8 cm³/mol. The topological polar surface area (TPSA) is 61.4 Å². The van der Waals surface area contributed by atoms with Gasteiger partial charge < -0.3 is 15.7 Å². The van der Waals surface area contributed by atoms with Gasteiger partial charge in [0.15, 0.2) is 0 Å². The first-order chi connectivity index (χ1) is 7.72. The Labute approximate surface area is 102 Å². The predicted octanol–water partition coefficient (Wildman–Crippen LogP) is 1.71. The number of benzene rings is 1. The van der Waals surface area contributed by atoms with E-state index in [2.05, 4.69) is 26.6 Å². The van der Waals surface area contributed by atoms with Crippen LogP contribution in [0, 0.1) is 0 Å². The molecule has 0 aromatic heterocycles. The fourth-order valence-electron chi connectivity index (χ4n) is 1.04. The summed E-state index contributed by atoms with van der Waals surface area (Å²) >= 11 is 3.36. The summed E-state index contributed by atoms with van der Waals surface area (Å²) in [5.41, 5.74) is 0.983. The smallest absolute Gasteiger partial charge is 0.318 e. The molecule has 86 valence electrons. The molecule has 0 unspecified atom stereocenters. The summed E-state index contributed by atoms with van der Waals surface area (Å²) in [6.07, 6.45) is 3.33. The van der Waals surface area contributed by atoms with Gasteiger partial charge in [0.2, 0.25) is 0 Å². The average Bonchev–Trinajstić information content (AvgIpc) is 2.26. The Kier molecular flexibility index (Phi) is 5.60. The highest BCUT2D eigenvalue weighted by Gasteiger charge is 1.93. The minimum atomic E-state index is -0.333. The average molecular weight is 285 g/mol. The van der Waals surface area contributed by atoms with Crippen molar-refractivity contribution in [2.75, 3.05) is 13.2 Å². The third-order valence-corrected chi connectivity index (χ3v) is 2.23. The maximum atomic E-state index is 11.1. The lowest BCUT2D eigenvalue weighted by molar-refractivity contribution is 0.237. The molecule has 0 aliphatic rings. The molecule has 16 heavy (non-hydrogen) atoms. The van der Waals surface area contributed by atoms with Crippen LogP contribution in [0.2, 0.25) is 0 Å². The Bertz CT molecular complexity index is 380. The second kappa shape index (κ2) is 7.03. The molecule has 0 spiro atoms. The van der Waals surface area contributed by atoms with Crippen LogP contribution in [0.15, 0.2) is 34.9 Å². The number of aliphatic hydroxyl groups is 1. The fraction of sp³-hybridized carbons (Fsp3) is 0.182. The summed E-state index contributed by atoms with van der Waals surface area (Å²) in [7, 11) is 0. The fourth-order valence-corrected chi connectivity index (χ4v) is 1.46. The van der Waals surface area contributed by atoms with E-state index in [4.69, 9.17) is 5.11 Å². The van der Waals surface area contributed by atoms with E-state index in [-0.39, 0.29) is 19.2 Å². The molecule has 3 N–H and O–H groups in total. The van der Waals surface area contributed by atoms with Gasteiger partial charge in [0, 0.05) is 17.2 Å². The van der Waals surface area contributed by atoms with E-state index in [9.17, 15) is 4.79 Å². The van der Waals surface area contributed by atoms with Crippen molar-refractivity contribution in [3.05, 3.63) is 40.5 Å². The van der Waals surface area contributed by atoms with E-state index in [1.54, 1.807) is 12.3 Å². The molecule has 5 heteroatoms. The zero-order valence-corrected chi connectivity index (χ0v) is 10.2. The largest absolute Gasteiger partial charge is 0.395 e. The van der Waals surface area contributed by atoms with E-state index < -0.39 is 0 Å². The van der Waals surface area contributed by atoms with Crippen molar-refractivity contribution < 1.29 is 9.90 Å². The van der Waals surface area contributed by atoms with Crippen LogP contribution >= 0.6 is 15.9 Å². The van der Waals surface area contributed by atoms with Crippen molar-refractivity contribution in [1.82, 2.24) is 10.6 Å². The van der Waals surface area contributed by atoms with Crippen LogP contribution in [-0.2, 0) is 0 Å². The first kappa shape index (κ1) is 12.7. The number of hydrogen-bond acceptors (Lipinski definition) is 2. The van der Waals surface area contributed by atoms with Crippen LogP contribution in [0.1, 0.15) is 5.56 Å². The molecule has 0 atom stereocenters. The molecule has 1 aromatic carbocycles. The van der Waals surface area contributed by atoms with Gasteiger partial charge in [-0.2, -0.15) is 0 Å². The number of carbonyl (C=O) groups is 1. The van der Waals surface area contributed by atoms with Gasteiger partial charge in [0.25, 0.3) is 0 Å². The lowest BCUT2D eigenvalue weighted by Crippen LogP contribution is -2.33. The molecule has 0 bridgehead atoms. The molecule has 0 aliphatic heterocycles. The number of aliphatic hydroxyl groups excluding tert-OH is 1. The molecular formula is C11H13BrN2O2. The van der Waals surface area contributed by atoms with Crippen LogP contribution in [0.4, 0.5) is 4.79 Å². The van der Waals surface area contributed by atoms with Crippen molar-refractivity contribution in [2.45, 2.75) is 0 Å².